The summed E-state index contributed by atoms with van der Waals surface area (Å²) in [7, 11) is 0. The summed E-state index contributed by atoms with van der Waals surface area (Å²) in [6, 6.07) is 18.8. The van der Waals surface area contributed by atoms with Crippen LogP contribution >= 0.6 is 11.5 Å². The Bertz CT molecular complexity index is 1120. The van der Waals surface area contributed by atoms with Crippen molar-refractivity contribution in [3.05, 3.63) is 88.7 Å². The summed E-state index contributed by atoms with van der Waals surface area (Å²) in [5, 5.41) is 0. The lowest BCUT2D eigenvalue weighted by Gasteiger charge is -2.42. The van der Waals surface area contributed by atoms with E-state index in [0.29, 0.717) is 31.5 Å². The zero-order chi connectivity index (χ0) is 20.4. The van der Waals surface area contributed by atoms with E-state index < -0.39 is 0 Å². The molecule has 7 heteroatoms. The van der Waals surface area contributed by atoms with Crippen LogP contribution in [0.2, 0.25) is 0 Å². The monoisotopic (exact) mass is 416 g/mol. The van der Waals surface area contributed by atoms with E-state index >= 15 is 0 Å². The lowest BCUT2D eigenvalue weighted by molar-refractivity contribution is -0.0380. The second kappa shape index (κ2) is 7.93. The number of hydrogen-bond acceptors (Lipinski definition) is 7. The van der Waals surface area contributed by atoms with Crippen molar-refractivity contribution in [3.8, 4) is 17.4 Å². The Morgan fingerprint density at radius 3 is 2.30 bits per heavy atom. The molecule has 0 atom stereocenters. The summed E-state index contributed by atoms with van der Waals surface area (Å²) in [5.74, 6) is 1.85. The second-order valence-electron chi connectivity index (χ2n) is 7.38. The first-order chi connectivity index (χ1) is 14.7. The molecule has 0 aliphatic carbocycles. The second-order valence-corrected chi connectivity index (χ2v) is 7.98. The molecule has 150 valence electrons. The molecule has 0 N–H and O–H groups in total. The molecule has 1 aliphatic rings. The zero-order valence-electron chi connectivity index (χ0n) is 16.5. The van der Waals surface area contributed by atoms with E-state index in [1.54, 1.807) is 11.7 Å². The fraction of sp³-hybridized carbons (Fsp3) is 0.217. The van der Waals surface area contributed by atoms with Gasteiger partial charge in [0.1, 0.15) is 17.9 Å². The van der Waals surface area contributed by atoms with Gasteiger partial charge in [0, 0.05) is 6.20 Å². The van der Waals surface area contributed by atoms with Gasteiger partial charge in [0.05, 0.1) is 24.3 Å². The highest BCUT2D eigenvalue weighted by Gasteiger charge is 2.41. The Morgan fingerprint density at radius 1 is 0.933 bits per heavy atom. The van der Waals surface area contributed by atoms with Crippen LogP contribution in [0, 0.1) is 6.92 Å². The molecule has 0 radical (unpaired) electrons. The fourth-order valence-electron chi connectivity index (χ4n) is 3.56. The number of rotatable bonds is 6. The molecule has 1 fully saturated rings. The largest absolute Gasteiger partial charge is 0.487 e. The van der Waals surface area contributed by atoms with E-state index in [4.69, 9.17) is 9.47 Å². The van der Waals surface area contributed by atoms with Crippen molar-refractivity contribution < 1.29 is 9.47 Å². The molecular formula is C23H20N4O2S. The Kier molecular flexibility index (Phi) is 4.98. The third-order valence-electron chi connectivity index (χ3n) is 5.37. The van der Waals surface area contributed by atoms with Gasteiger partial charge < -0.3 is 9.47 Å². The lowest BCUT2D eigenvalue weighted by atomic mass is 9.73. The van der Waals surface area contributed by atoms with Gasteiger partial charge in [0.25, 0.3) is 0 Å². The summed E-state index contributed by atoms with van der Waals surface area (Å²) < 4.78 is 15.7. The van der Waals surface area contributed by atoms with Crippen LogP contribution in [0.25, 0.3) is 11.6 Å². The van der Waals surface area contributed by atoms with Crippen molar-refractivity contribution in [1.82, 2.24) is 19.3 Å². The standard InChI is InChI=1S/C23H20N4O2S/c1-16-2-4-17(5-3-16)23(13-28-14-23)18-6-8-20(9-7-18)29-12-19-10-11-24-21(26-19)22-25-15-30-27-22/h2-11,15H,12-14H2,1H3. The first kappa shape index (κ1) is 18.8. The molecular weight excluding hydrogens is 396 g/mol. The van der Waals surface area contributed by atoms with Crippen molar-refractivity contribution in [2.24, 2.45) is 0 Å². The maximum atomic E-state index is 5.95. The molecule has 3 heterocycles. The Labute approximate surface area is 178 Å². The minimum atomic E-state index is -0.0751. The smallest absolute Gasteiger partial charge is 0.210 e. The number of aryl methyl sites for hydroxylation is 1. The van der Waals surface area contributed by atoms with Crippen LogP contribution in [0.1, 0.15) is 22.4 Å². The Morgan fingerprint density at radius 2 is 1.67 bits per heavy atom. The number of aromatic nitrogens is 4. The van der Waals surface area contributed by atoms with E-state index in [-0.39, 0.29) is 5.41 Å². The Balaban J connectivity index is 1.30. The minimum Gasteiger partial charge on any atom is -0.487 e. The highest BCUT2D eigenvalue weighted by Crippen LogP contribution is 2.39. The predicted molar refractivity (Wildman–Crippen MR) is 114 cm³/mol. The van der Waals surface area contributed by atoms with Crippen LogP contribution in [0.4, 0.5) is 0 Å². The average molecular weight is 417 g/mol. The van der Waals surface area contributed by atoms with Gasteiger partial charge in [-0.3, -0.25) is 0 Å². The van der Waals surface area contributed by atoms with Crippen LogP contribution in [-0.2, 0) is 16.8 Å². The molecule has 1 saturated heterocycles. The number of ether oxygens (including phenoxy) is 2. The van der Waals surface area contributed by atoms with Gasteiger partial charge in [-0.1, -0.05) is 42.0 Å². The summed E-state index contributed by atoms with van der Waals surface area (Å²) in [6.45, 7) is 3.86. The molecule has 0 spiro atoms. The molecule has 2 aromatic heterocycles. The zero-order valence-corrected chi connectivity index (χ0v) is 17.3. The molecule has 0 bridgehead atoms. The molecule has 0 unspecified atom stereocenters. The molecule has 0 amide bonds. The third-order valence-corrected chi connectivity index (χ3v) is 5.85. The van der Waals surface area contributed by atoms with Crippen molar-refractivity contribution in [2.75, 3.05) is 13.2 Å². The molecule has 6 nitrogen and oxygen atoms in total. The average Bonchev–Trinajstić information content (AvgIpc) is 3.29. The maximum Gasteiger partial charge on any atom is 0.210 e. The fourth-order valence-corrected chi connectivity index (χ4v) is 3.98. The molecule has 0 saturated carbocycles. The van der Waals surface area contributed by atoms with E-state index in [1.807, 2.05) is 18.2 Å². The molecule has 4 aromatic rings. The first-order valence-electron chi connectivity index (χ1n) is 9.70. The van der Waals surface area contributed by atoms with Crippen molar-refractivity contribution >= 4 is 11.5 Å². The van der Waals surface area contributed by atoms with E-state index in [1.165, 1.54) is 28.2 Å². The van der Waals surface area contributed by atoms with Gasteiger partial charge in [0.15, 0.2) is 5.82 Å². The van der Waals surface area contributed by atoms with E-state index in [0.717, 1.165) is 11.4 Å². The van der Waals surface area contributed by atoms with Gasteiger partial charge in [-0.2, -0.15) is 4.37 Å². The summed E-state index contributed by atoms with van der Waals surface area (Å²) in [6.07, 6.45) is 1.70. The highest BCUT2D eigenvalue weighted by atomic mass is 32.1. The first-order valence-corrected chi connectivity index (χ1v) is 10.5. The van der Waals surface area contributed by atoms with E-state index in [9.17, 15) is 0 Å². The third kappa shape index (κ3) is 3.58. The van der Waals surface area contributed by atoms with Crippen molar-refractivity contribution in [3.63, 3.8) is 0 Å². The topological polar surface area (TPSA) is 70.0 Å². The quantitative estimate of drug-likeness (QED) is 0.469. The maximum absolute atomic E-state index is 5.95. The van der Waals surface area contributed by atoms with Gasteiger partial charge >= 0.3 is 0 Å². The van der Waals surface area contributed by atoms with Gasteiger partial charge in [-0.05, 0) is 47.8 Å². The van der Waals surface area contributed by atoms with Crippen LogP contribution in [-0.4, -0.2) is 32.5 Å². The summed E-state index contributed by atoms with van der Waals surface area (Å²) >= 11 is 1.28. The normalized spacial score (nSPS) is 14.8. The predicted octanol–water partition coefficient (Wildman–Crippen LogP) is 4.20. The minimum absolute atomic E-state index is 0.0751. The molecule has 30 heavy (non-hydrogen) atoms. The van der Waals surface area contributed by atoms with Crippen LogP contribution in [0.3, 0.4) is 0 Å². The van der Waals surface area contributed by atoms with Gasteiger partial charge in [-0.25, -0.2) is 15.0 Å². The number of benzene rings is 2. The SMILES string of the molecule is Cc1ccc(C2(c3ccc(OCc4ccnc(-c5ncsn5)n4)cc3)COC2)cc1. The van der Waals surface area contributed by atoms with E-state index in [2.05, 4.69) is 62.6 Å². The van der Waals surface area contributed by atoms with Crippen LogP contribution < -0.4 is 4.74 Å². The van der Waals surface area contributed by atoms with Gasteiger partial charge in [-0.15, -0.1) is 0 Å². The number of nitrogens with zero attached hydrogens (tertiary/aromatic N) is 4. The Hall–Kier alpha value is -3.16. The number of hydrogen-bond donors (Lipinski definition) is 0. The van der Waals surface area contributed by atoms with Crippen molar-refractivity contribution in [1.29, 1.82) is 0 Å². The van der Waals surface area contributed by atoms with Crippen LogP contribution in [0.15, 0.2) is 66.3 Å². The van der Waals surface area contributed by atoms with Crippen LogP contribution in [0.5, 0.6) is 5.75 Å². The van der Waals surface area contributed by atoms with Gasteiger partial charge in [0.2, 0.25) is 5.82 Å². The summed E-state index contributed by atoms with van der Waals surface area (Å²) in [4.78, 5) is 12.9. The van der Waals surface area contributed by atoms with Crippen molar-refractivity contribution in [2.45, 2.75) is 18.9 Å². The highest BCUT2D eigenvalue weighted by molar-refractivity contribution is 7.03. The molecule has 1 aliphatic heterocycles. The summed E-state index contributed by atoms with van der Waals surface area (Å²) in [5.41, 5.74) is 6.16. The molecule has 2 aromatic carbocycles. The lowest BCUT2D eigenvalue weighted by Crippen LogP contribution is -2.47. The molecule has 5 rings (SSSR count).